The fourth-order valence-electron chi connectivity index (χ4n) is 3.39. The van der Waals surface area contributed by atoms with E-state index in [1.807, 2.05) is 6.92 Å². The van der Waals surface area contributed by atoms with Gasteiger partial charge in [-0.25, -0.2) is 21.5 Å². The number of alkyl halides is 2. The van der Waals surface area contributed by atoms with Crippen LogP contribution in [0.2, 0.25) is 0 Å². The molecule has 0 aromatic carbocycles. The van der Waals surface area contributed by atoms with E-state index < -0.39 is 16.4 Å². The number of carbonyl (C=O) groups is 1. The smallest absolute Gasteiger partial charge is 0.251 e. The van der Waals surface area contributed by atoms with E-state index in [2.05, 4.69) is 0 Å². The maximum atomic E-state index is 12.7. The van der Waals surface area contributed by atoms with E-state index in [0.717, 1.165) is 0 Å². The fourth-order valence-corrected chi connectivity index (χ4v) is 4.98. The minimum atomic E-state index is -3.28. The Morgan fingerprint density at radius 3 is 2.42 bits per heavy atom. The summed E-state index contributed by atoms with van der Waals surface area (Å²) in [4.78, 5) is 16.0. The lowest BCUT2D eigenvalue weighted by molar-refractivity contribution is -0.138. The maximum Gasteiger partial charge on any atom is 0.251 e. The number of piperazine rings is 1. The van der Waals surface area contributed by atoms with Gasteiger partial charge >= 0.3 is 0 Å². The summed E-state index contributed by atoms with van der Waals surface area (Å²) in [6.45, 7) is 4.05. The number of halogens is 2. The Labute approximate surface area is 142 Å². The van der Waals surface area contributed by atoms with Gasteiger partial charge in [-0.3, -0.25) is 9.69 Å². The van der Waals surface area contributed by atoms with Crippen molar-refractivity contribution in [3.05, 3.63) is 0 Å². The molecule has 0 aromatic rings. The number of hydrogen-bond donors (Lipinski definition) is 0. The van der Waals surface area contributed by atoms with E-state index in [0.29, 0.717) is 52.0 Å². The third-order valence-corrected chi connectivity index (χ3v) is 6.71. The summed E-state index contributed by atoms with van der Waals surface area (Å²) in [5, 5.41) is 0. The summed E-state index contributed by atoms with van der Waals surface area (Å²) in [6, 6.07) is 0. The van der Waals surface area contributed by atoms with Crippen LogP contribution in [-0.2, 0) is 14.8 Å². The van der Waals surface area contributed by atoms with Crippen molar-refractivity contribution in [2.75, 3.05) is 51.6 Å². The molecular weight excluding hydrogens is 340 g/mol. The van der Waals surface area contributed by atoms with E-state index in [4.69, 9.17) is 0 Å². The van der Waals surface area contributed by atoms with Gasteiger partial charge < -0.3 is 4.90 Å². The first-order valence-electron chi connectivity index (χ1n) is 8.60. The molecule has 0 radical (unpaired) electrons. The van der Waals surface area contributed by atoms with Gasteiger partial charge in [-0.05, 0) is 19.3 Å². The summed E-state index contributed by atoms with van der Waals surface area (Å²) < 4.78 is 50.6. The second kappa shape index (κ2) is 8.53. The van der Waals surface area contributed by atoms with E-state index in [1.165, 1.54) is 4.31 Å². The quantitative estimate of drug-likeness (QED) is 0.698. The molecule has 2 saturated heterocycles. The van der Waals surface area contributed by atoms with E-state index >= 15 is 0 Å². The van der Waals surface area contributed by atoms with Crippen LogP contribution in [0, 0.1) is 5.92 Å². The van der Waals surface area contributed by atoms with Crippen molar-refractivity contribution in [3.63, 3.8) is 0 Å². The van der Waals surface area contributed by atoms with Crippen molar-refractivity contribution in [2.24, 2.45) is 5.92 Å². The van der Waals surface area contributed by atoms with Gasteiger partial charge in [-0.15, -0.1) is 0 Å². The molecule has 2 aliphatic rings. The normalized spacial score (nSPS) is 24.5. The highest BCUT2D eigenvalue weighted by atomic mass is 32.2. The Kier molecular flexibility index (Phi) is 6.94. The summed E-state index contributed by atoms with van der Waals surface area (Å²) in [6.07, 6.45) is -0.425. The molecule has 1 amide bonds. The molecule has 0 saturated carbocycles. The second-order valence-corrected chi connectivity index (χ2v) is 8.62. The number of rotatable bonds is 6. The topological polar surface area (TPSA) is 60.9 Å². The molecule has 1 atom stereocenters. The van der Waals surface area contributed by atoms with Crippen LogP contribution in [0.15, 0.2) is 0 Å². The highest BCUT2D eigenvalue weighted by Crippen LogP contribution is 2.22. The fraction of sp³-hybridized carbons (Fsp3) is 0.933. The lowest BCUT2D eigenvalue weighted by atomic mass is 9.98. The number of carbonyl (C=O) groups excluding carboxylic acids is 1. The molecule has 2 heterocycles. The predicted molar refractivity (Wildman–Crippen MR) is 87.4 cm³/mol. The molecule has 9 heteroatoms. The summed E-state index contributed by atoms with van der Waals surface area (Å²) in [5.41, 5.74) is 0. The molecule has 0 bridgehead atoms. The van der Waals surface area contributed by atoms with Crippen LogP contribution in [0.3, 0.4) is 0 Å². The minimum absolute atomic E-state index is 0.0388. The van der Waals surface area contributed by atoms with Gasteiger partial charge in [-0.2, -0.15) is 0 Å². The molecule has 24 heavy (non-hydrogen) atoms. The van der Waals surface area contributed by atoms with Crippen LogP contribution in [-0.4, -0.2) is 86.4 Å². The molecule has 140 valence electrons. The van der Waals surface area contributed by atoms with Crippen molar-refractivity contribution in [2.45, 2.75) is 32.6 Å². The van der Waals surface area contributed by atoms with Gasteiger partial charge in [0, 0.05) is 39.3 Å². The van der Waals surface area contributed by atoms with Gasteiger partial charge in [0.25, 0.3) is 6.43 Å². The van der Waals surface area contributed by atoms with Crippen LogP contribution in [0.25, 0.3) is 0 Å². The average molecular weight is 367 g/mol. The van der Waals surface area contributed by atoms with Crippen molar-refractivity contribution in [3.8, 4) is 0 Å². The monoisotopic (exact) mass is 367 g/mol. The molecule has 6 nitrogen and oxygen atoms in total. The lowest BCUT2D eigenvalue weighted by Gasteiger charge is -2.38. The number of nitrogens with zero attached hydrogens (tertiary/aromatic N) is 3. The van der Waals surface area contributed by atoms with Gasteiger partial charge in [-0.1, -0.05) is 6.92 Å². The Hall–Kier alpha value is -0.800. The zero-order valence-electron chi connectivity index (χ0n) is 14.2. The van der Waals surface area contributed by atoms with Gasteiger partial charge in [0.05, 0.1) is 18.2 Å². The first kappa shape index (κ1) is 19.5. The molecule has 0 aromatic heterocycles. The average Bonchev–Trinajstić information content (AvgIpc) is 2.54. The van der Waals surface area contributed by atoms with Crippen molar-refractivity contribution >= 4 is 15.9 Å². The summed E-state index contributed by atoms with van der Waals surface area (Å²) >= 11 is 0. The predicted octanol–water partition coefficient (Wildman–Crippen LogP) is 0.848. The van der Waals surface area contributed by atoms with E-state index in [-0.39, 0.29) is 30.7 Å². The van der Waals surface area contributed by atoms with Gasteiger partial charge in [0.15, 0.2) is 0 Å². The second-order valence-electron chi connectivity index (χ2n) is 6.53. The largest absolute Gasteiger partial charge is 0.340 e. The van der Waals surface area contributed by atoms with Crippen molar-refractivity contribution in [1.82, 2.24) is 14.1 Å². The molecule has 2 rings (SSSR count). The number of hydrogen-bond acceptors (Lipinski definition) is 4. The van der Waals surface area contributed by atoms with Crippen LogP contribution in [0.4, 0.5) is 8.78 Å². The SMILES string of the molecule is CCCS(=O)(=O)N1CCCC(C(=O)N2CCN(CC(F)F)CC2)C1. The molecule has 2 fully saturated rings. The Balaban J connectivity index is 1.89. The number of piperidine rings is 1. The number of sulfonamides is 1. The molecule has 0 aliphatic carbocycles. The highest BCUT2D eigenvalue weighted by Gasteiger charge is 2.34. The first-order valence-corrected chi connectivity index (χ1v) is 10.2. The van der Waals surface area contributed by atoms with Crippen molar-refractivity contribution in [1.29, 1.82) is 0 Å². The zero-order chi connectivity index (χ0) is 17.7. The lowest BCUT2D eigenvalue weighted by Crippen LogP contribution is -2.53. The standard InChI is InChI=1S/C15H27F2N3O3S/c1-2-10-24(22,23)20-5-3-4-13(11-20)15(21)19-8-6-18(7-9-19)12-14(16)17/h13-14H,2-12H2,1H3. The Morgan fingerprint density at radius 2 is 1.83 bits per heavy atom. The minimum Gasteiger partial charge on any atom is -0.340 e. The van der Waals surface area contributed by atoms with Crippen molar-refractivity contribution < 1.29 is 22.0 Å². The van der Waals surface area contributed by atoms with Gasteiger partial charge in [0.2, 0.25) is 15.9 Å². The number of amides is 1. The summed E-state index contributed by atoms with van der Waals surface area (Å²) in [7, 11) is -3.28. The highest BCUT2D eigenvalue weighted by molar-refractivity contribution is 7.89. The van der Waals surface area contributed by atoms with Crippen LogP contribution in [0.1, 0.15) is 26.2 Å². The first-order chi connectivity index (χ1) is 11.3. The van der Waals surface area contributed by atoms with E-state index in [1.54, 1.807) is 9.80 Å². The van der Waals surface area contributed by atoms with E-state index in [9.17, 15) is 22.0 Å². The third-order valence-electron chi connectivity index (χ3n) is 4.67. The Morgan fingerprint density at radius 1 is 1.17 bits per heavy atom. The maximum absolute atomic E-state index is 12.7. The molecule has 2 aliphatic heterocycles. The van der Waals surface area contributed by atoms with Crippen LogP contribution in [0.5, 0.6) is 0 Å². The molecule has 0 spiro atoms. The van der Waals surface area contributed by atoms with Crippen LogP contribution < -0.4 is 0 Å². The third kappa shape index (κ3) is 5.10. The zero-order valence-corrected chi connectivity index (χ0v) is 15.0. The molecule has 0 N–H and O–H groups in total. The summed E-state index contributed by atoms with van der Waals surface area (Å²) in [5.74, 6) is -0.240. The Bertz CT molecular complexity index is 522. The van der Waals surface area contributed by atoms with Crippen LogP contribution >= 0.6 is 0 Å². The molecular formula is C15H27F2N3O3S. The van der Waals surface area contributed by atoms with Gasteiger partial charge in [0.1, 0.15) is 0 Å². The molecule has 1 unspecified atom stereocenters.